The van der Waals surface area contributed by atoms with E-state index in [2.05, 4.69) is 52.7 Å². The maximum Gasteiger partial charge on any atom is 0.133 e. The van der Waals surface area contributed by atoms with Crippen LogP contribution in [0.4, 0.5) is 0 Å². The van der Waals surface area contributed by atoms with Crippen molar-refractivity contribution >= 4 is 5.78 Å². The monoisotopic (exact) mass is 432 g/mol. The summed E-state index contributed by atoms with van der Waals surface area (Å²) in [6, 6.07) is 0. The number of hydrogen-bond donors (Lipinski definition) is 2. The Kier molecular flexibility index (Phi) is 20.4. The maximum absolute atomic E-state index is 11.0. The van der Waals surface area contributed by atoms with Gasteiger partial charge >= 0.3 is 0 Å². The third-order valence-corrected chi connectivity index (χ3v) is 5.71. The summed E-state index contributed by atoms with van der Waals surface area (Å²) < 4.78 is 0. The van der Waals surface area contributed by atoms with Crippen LogP contribution >= 0.6 is 0 Å². The fourth-order valence-electron chi connectivity index (χ4n) is 3.46. The van der Waals surface area contributed by atoms with E-state index < -0.39 is 0 Å². The predicted molar refractivity (Wildman–Crippen MR) is 140 cm³/mol. The van der Waals surface area contributed by atoms with Crippen molar-refractivity contribution in [3.8, 4) is 0 Å². The number of allylic oxidation sites excluding steroid dienone is 4. The number of Topliss-reactive ketones (excluding diaryl/α,β-unsaturated/α-hetero) is 1. The van der Waals surface area contributed by atoms with Gasteiger partial charge in [0.25, 0.3) is 0 Å². The molecule has 1 heterocycles. The molecular weight excluding hydrogens is 380 g/mol. The molecule has 1 aliphatic heterocycles. The number of rotatable bonds is 12. The van der Waals surface area contributed by atoms with Crippen molar-refractivity contribution in [2.75, 3.05) is 6.54 Å². The number of hydrogen-bond acceptors (Lipinski definition) is 3. The lowest BCUT2D eigenvalue weighted by atomic mass is 9.93. The highest BCUT2D eigenvalue weighted by Gasteiger charge is 2.07. The minimum atomic E-state index is 0.283. The second kappa shape index (κ2) is 20.2. The third-order valence-electron chi connectivity index (χ3n) is 5.71. The smallest absolute Gasteiger partial charge is 0.133 e. The van der Waals surface area contributed by atoms with Gasteiger partial charge in [-0.15, -0.1) is 0 Å². The summed E-state index contributed by atoms with van der Waals surface area (Å²) in [5, 5.41) is 3.24. The Bertz CT molecular complexity index is 596. The molecule has 1 aliphatic rings. The van der Waals surface area contributed by atoms with E-state index in [1.54, 1.807) is 13.1 Å². The van der Waals surface area contributed by atoms with E-state index in [0.29, 0.717) is 6.42 Å². The molecule has 180 valence electrons. The molecule has 0 amide bonds. The van der Waals surface area contributed by atoms with E-state index in [0.717, 1.165) is 51.0 Å². The van der Waals surface area contributed by atoms with Crippen LogP contribution in [0, 0.1) is 5.92 Å². The molecule has 0 aromatic carbocycles. The van der Waals surface area contributed by atoms with Gasteiger partial charge in [-0.1, -0.05) is 82.4 Å². The van der Waals surface area contributed by atoms with Crippen LogP contribution in [0.15, 0.2) is 46.8 Å². The number of carbonyl (C=O) groups is 1. The fourth-order valence-corrected chi connectivity index (χ4v) is 3.46. The van der Waals surface area contributed by atoms with E-state index in [-0.39, 0.29) is 5.78 Å². The zero-order valence-electron chi connectivity index (χ0n) is 22.0. The number of nitrogens with one attached hydrogen (secondary N) is 1. The molecule has 1 rings (SSSR count). The highest BCUT2D eigenvalue weighted by Crippen LogP contribution is 2.22. The number of nitrogens with two attached hydrogens (primary N) is 1. The lowest BCUT2D eigenvalue weighted by Crippen LogP contribution is -2.00. The van der Waals surface area contributed by atoms with Crippen molar-refractivity contribution in [2.24, 2.45) is 11.7 Å². The highest BCUT2D eigenvalue weighted by molar-refractivity contribution is 5.78. The van der Waals surface area contributed by atoms with Crippen LogP contribution in [0.3, 0.4) is 0 Å². The summed E-state index contributed by atoms with van der Waals surface area (Å²) in [4.78, 5) is 11.0. The fraction of sp³-hybridized carbons (Fsp3) is 0.679. The van der Waals surface area contributed by atoms with Crippen LogP contribution in [-0.4, -0.2) is 12.3 Å². The van der Waals surface area contributed by atoms with E-state index >= 15 is 0 Å². The molecule has 3 N–H and O–H groups in total. The molecule has 0 saturated heterocycles. The molecule has 0 saturated carbocycles. The summed E-state index contributed by atoms with van der Waals surface area (Å²) in [5.41, 5.74) is 12.4. The minimum absolute atomic E-state index is 0.283. The average molecular weight is 433 g/mol. The van der Waals surface area contributed by atoms with E-state index in [1.807, 2.05) is 13.8 Å². The molecule has 0 fully saturated rings. The molecule has 0 radical (unpaired) electrons. The normalized spacial score (nSPS) is 14.7. The van der Waals surface area contributed by atoms with E-state index in [4.69, 9.17) is 5.73 Å². The molecule has 0 aromatic heterocycles. The Hall–Kier alpha value is -1.77. The van der Waals surface area contributed by atoms with Gasteiger partial charge in [-0.05, 0) is 77.1 Å². The van der Waals surface area contributed by atoms with Gasteiger partial charge in [-0.2, -0.15) is 0 Å². The Morgan fingerprint density at radius 1 is 1.19 bits per heavy atom. The SMILES string of the molecule is C=C(CCC1=CNCC1)C/C(=C\N)CC.CC.CC/C(CC(C)=O)=C(/C)C[C@@H](C)CC. The van der Waals surface area contributed by atoms with Crippen molar-refractivity contribution in [1.82, 2.24) is 5.32 Å². The van der Waals surface area contributed by atoms with Gasteiger partial charge in [0.05, 0.1) is 0 Å². The lowest BCUT2D eigenvalue weighted by Gasteiger charge is -2.13. The molecule has 1 atom stereocenters. The lowest BCUT2D eigenvalue weighted by molar-refractivity contribution is -0.116. The summed E-state index contributed by atoms with van der Waals surface area (Å²) in [6.07, 6.45) is 13.3. The zero-order chi connectivity index (χ0) is 24.2. The topological polar surface area (TPSA) is 55.1 Å². The van der Waals surface area contributed by atoms with Crippen LogP contribution in [-0.2, 0) is 4.79 Å². The quantitative estimate of drug-likeness (QED) is 0.307. The van der Waals surface area contributed by atoms with Crippen LogP contribution in [0.2, 0.25) is 0 Å². The summed E-state index contributed by atoms with van der Waals surface area (Å²) in [6.45, 7) is 21.8. The van der Waals surface area contributed by atoms with Gasteiger partial charge in [-0.25, -0.2) is 0 Å². The van der Waals surface area contributed by atoms with E-state index in [9.17, 15) is 4.79 Å². The van der Waals surface area contributed by atoms with Crippen molar-refractivity contribution in [2.45, 2.75) is 113 Å². The first-order valence-corrected chi connectivity index (χ1v) is 12.4. The Morgan fingerprint density at radius 2 is 1.84 bits per heavy atom. The Labute approximate surface area is 194 Å². The first-order chi connectivity index (χ1) is 14.8. The van der Waals surface area contributed by atoms with Crippen LogP contribution < -0.4 is 11.1 Å². The van der Waals surface area contributed by atoms with Crippen molar-refractivity contribution < 1.29 is 4.79 Å². The molecule has 0 spiro atoms. The average Bonchev–Trinajstić information content (AvgIpc) is 3.29. The molecular formula is C28H52N2O. The van der Waals surface area contributed by atoms with Crippen molar-refractivity contribution in [1.29, 1.82) is 0 Å². The van der Waals surface area contributed by atoms with Crippen LogP contribution in [0.1, 0.15) is 113 Å². The predicted octanol–water partition coefficient (Wildman–Crippen LogP) is 8.00. The maximum atomic E-state index is 11.0. The summed E-state index contributed by atoms with van der Waals surface area (Å²) in [5.74, 6) is 1.02. The molecule has 3 heteroatoms. The van der Waals surface area contributed by atoms with Crippen LogP contribution in [0.5, 0.6) is 0 Å². The second-order valence-corrected chi connectivity index (χ2v) is 8.45. The van der Waals surface area contributed by atoms with Gasteiger partial charge in [0.15, 0.2) is 0 Å². The first kappa shape index (κ1) is 31.4. The molecule has 0 bridgehead atoms. The molecule has 0 unspecified atom stereocenters. The third kappa shape index (κ3) is 16.6. The molecule has 0 aromatic rings. The number of carbonyl (C=O) groups excluding carboxylic acids is 1. The Balaban J connectivity index is 0. The number of ketones is 1. The second-order valence-electron chi connectivity index (χ2n) is 8.45. The summed E-state index contributed by atoms with van der Waals surface area (Å²) in [7, 11) is 0. The van der Waals surface area contributed by atoms with Crippen molar-refractivity contribution in [3.05, 3.63) is 46.8 Å². The first-order valence-electron chi connectivity index (χ1n) is 12.4. The molecule has 31 heavy (non-hydrogen) atoms. The molecule has 3 nitrogen and oxygen atoms in total. The zero-order valence-corrected chi connectivity index (χ0v) is 22.0. The Morgan fingerprint density at radius 3 is 2.26 bits per heavy atom. The molecule has 0 aliphatic carbocycles. The van der Waals surface area contributed by atoms with Gasteiger partial charge in [0.1, 0.15) is 5.78 Å². The largest absolute Gasteiger partial charge is 0.405 e. The van der Waals surface area contributed by atoms with Gasteiger partial charge in [-0.3, -0.25) is 4.79 Å². The van der Waals surface area contributed by atoms with Gasteiger partial charge in [0, 0.05) is 13.0 Å². The minimum Gasteiger partial charge on any atom is -0.405 e. The van der Waals surface area contributed by atoms with Crippen molar-refractivity contribution in [3.63, 3.8) is 0 Å². The van der Waals surface area contributed by atoms with Gasteiger partial charge in [0.2, 0.25) is 0 Å². The van der Waals surface area contributed by atoms with Crippen LogP contribution in [0.25, 0.3) is 0 Å². The summed E-state index contributed by atoms with van der Waals surface area (Å²) >= 11 is 0. The highest BCUT2D eigenvalue weighted by atomic mass is 16.1. The van der Waals surface area contributed by atoms with Gasteiger partial charge < -0.3 is 11.1 Å². The standard InChI is InChI=1S/C13H22N2.C13H24O.C2H6/c1-3-12(9-14)8-11(2)4-5-13-6-7-15-10-13;1-6-10(3)8-11(4)13(7-2)9-12(5)14;1-2/h9-10,15H,2-8,14H2,1H3;10H,6-9H2,1-5H3;1-2H3/b12-9-;13-11+;/t;10-;/m.0./s1. The van der Waals surface area contributed by atoms with E-state index in [1.165, 1.54) is 40.7 Å².